The Kier molecular flexibility index (Phi) is 4.71. The molecule has 112 valence electrons. The Hall–Kier alpha value is -1.06. The summed E-state index contributed by atoms with van der Waals surface area (Å²) >= 11 is 0. The van der Waals surface area contributed by atoms with Crippen molar-refractivity contribution in [2.24, 2.45) is 11.7 Å². The van der Waals surface area contributed by atoms with Crippen LogP contribution in [0, 0.1) is 5.92 Å². The highest BCUT2D eigenvalue weighted by Gasteiger charge is 2.35. The van der Waals surface area contributed by atoms with E-state index in [1.165, 1.54) is 11.1 Å². The fraction of sp³-hybridized carbons (Fsp3) is 0.647. The molecule has 1 aliphatic rings. The van der Waals surface area contributed by atoms with E-state index in [-0.39, 0.29) is 6.04 Å². The molecule has 2 rings (SSSR count). The van der Waals surface area contributed by atoms with Gasteiger partial charge in [0.25, 0.3) is 0 Å². The Bertz CT molecular complexity index is 456. The number of ether oxygens (including phenoxy) is 1. The molecule has 0 saturated heterocycles. The molecule has 2 unspecified atom stereocenters. The van der Waals surface area contributed by atoms with E-state index >= 15 is 0 Å². The number of benzene rings is 1. The molecule has 0 heterocycles. The third-order valence-electron chi connectivity index (χ3n) is 4.22. The van der Waals surface area contributed by atoms with Gasteiger partial charge in [-0.25, -0.2) is 0 Å². The molecule has 0 fully saturated rings. The summed E-state index contributed by atoms with van der Waals surface area (Å²) in [5.74, 6) is 1.56. The fourth-order valence-corrected chi connectivity index (χ4v) is 3.23. The van der Waals surface area contributed by atoms with Crippen LogP contribution in [-0.2, 0) is 6.42 Å². The van der Waals surface area contributed by atoms with E-state index in [1.54, 1.807) is 7.11 Å². The average Bonchev–Trinajstić information content (AvgIpc) is 2.72. The predicted octanol–water partition coefficient (Wildman–Crippen LogP) is 2.99. The smallest absolute Gasteiger partial charge is 0.119 e. The summed E-state index contributed by atoms with van der Waals surface area (Å²) in [6.45, 7) is 10.2. The van der Waals surface area contributed by atoms with E-state index in [1.807, 2.05) is 6.07 Å². The van der Waals surface area contributed by atoms with E-state index < -0.39 is 0 Å². The number of hydrogen-bond donors (Lipinski definition) is 1. The number of fused-ring (bicyclic) bond motifs is 1. The van der Waals surface area contributed by atoms with Gasteiger partial charge in [0.1, 0.15) is 5.75 Å². The number of hydrogen-bond acceptors (Lipinski definition) is 3. The second-order valence-electron chi connectivity index (χ2n) is 6.55. The van der Waals surface area contributed by atoms with Crippen molar-refractivity contribution in [1.82, 2.24) is 4.90 Å². The van der Waals surface area contributed by atoms with Crippen molar-refractivity contribution < 1.29 is 4.74 Å². The largest absolute Gasteiger partial charge is 0.497 e. The van der Waals surface area contributed by atoms with Crippen LogP contribution in [0.1, 0.15) is 44.9 Å². The molecule has 0 aromatic heterocycles. The van der Waals surface area contributed by atoms with Crippen LogP contribution in [0.15, 0.2) is 18.2 Å². The van der Waals surface area contributed by atoms with Crippen molar-refractivity contribution >= 4 is 0 Å². The molecule has 2 N–H and O–H groups in total. The molecule has 0 amide bonds. The fourth-order valence-electron chi connectivity index (χ4n) is 3.23. The lowest BCUT2D eigenvalue weighted by molar-refractivity contribution is 0.123. The lowest BCUT2D eigenvalue weighted by atomic mass is 10.0. The van der Waals surface area contributed by atoms with Gasteiger partial charge in [0.15, 0.2) is 0 Å². The first-order valence-electron chi connectivity index (χ1n) is 7.62. The minimum atomic E-state index is 0.0845. The predicted molar refractivity (Wildman–Crippen MR) is 84.1 cm³/mol. The molecule has 0 aliphatic heterocycles. The van der Waals surface area contributed by atoms with Gasteiger partial charge in [-0.2, -0.15) is 0 Å². The van der Waals surface area contributed by atoms with Crippen LogP contribution >= 0.6 is 0 Å². The van der Waals surface area contributed by atoms with Crippen molar-refractivity contribution in [3.8, 4) is 5.75 Å². The van der Waals surface area contributed by atoms with Gasteiger partial charge in [0.2, 0.25) is 0 Å². The highest BCUT2D eigenvalue weighted by molar-refractivity contribution is 5.42. The lowest BCUT2D eigenvalue weighted by Crippen LogP contribution is -2.46. The summed E-state index contributed by atoms with van der Waals surface area (Å²) in [6, 6.07) is 7.32. The monoisotopic (exact) mass is 276 g/mol. The maximum Gasteiger partial charge on any atom is 0.119 e. The van der Waals surface area contributed by atoms with Gasteiger partial charge < -0.3 is 10.5 Å². The molecule has 20 heavy (non-hydrogen) atoms. The van der Waals surface area contributed by atoms with Crippen LogP contribution in [0.3, 0.4) is 0 Å². The summed E-state index contributed by atoms with van der Waals surface area (Å²) < 4.78 is 5.33. The molecule has 0 spiro atoms. The molecule has 1 aromatic carbocycles. The second kappa shape index (κ2) is 6.15. The van der Waals surface area contributed by atoms with Crippen molar-refractivity contribution in [3.63, 3.8) is 0 Å². The van der Waals surface area contributed by atoms with Crippen molar-refractivity contribution in [2.45, 2.75) is 52.2 Å². The van der Waals surface area contributed by atoms with Gasteiger partial charge in [0, 0.05) is 24.7 Å². The molecular weight excluding hydrogens is 248 g/mol. The molecule has 3 nitrogen and oxygen atoms in total. The molecule has 0 saturated carbocycles. The van der Waals surface area contributed by atoms with Gasteiger partial charge in [-0.05, 0) is 49.4 Å². The van der Waals surface area contributed by atoms with Crippen LogP contribution in [0.2, 0.25) is 0 Å². The zero-order chi connectivity index (χ0) is 14.9. The van der Waals surface area contributed by atoms with Crippen molar-refractivity contribution in [3.05, 3.63) is 29.3 Å². The Morgan fingerprint density at radius 2 is 2.00 bits per heavy atom. The zero-order valence-corrected chi connectivity index (χ0v) is 13.4. The third-order valence-corrected chi connectivity index (χ3v) is 4.22. The Labute approximate surface area is 123 Å². The first kappa shape index (κ1) is 15.3. The quantitative estimate of drug-likeness (QED) is 0.898. The summed E-state index contributed by atoms with van der Waals surface area (Å²) in [5.41, 5.74) is 9.16. The summed E-state index contributed by atoms with van der Waals surface area (Å²) in [7, 11) is 1.71. The molecule has 1 aromatic rings. The maximum absolute atomic E-state index is 6.53. The zero-order valence-electron chi connectivity index (χ0n) is 13.4. The summed E-state index contributed by atoms with van der Waals surface area (Å²) in [5, 5.41) is 0. The third kappa shape index (κ3) is 2.99. The number of methoxy groups -OCH3 is 1. The van der Waals surface area contributed by atoms with Gasteiger partial charge in [-0.3, -0.25) is 4.90 Å². The van der Waals surface area contributed by atoms with E-state index in [0.29, 0.717) is 18.0 Å². The number of rotatable bonds is 5. The van der Waals surface area contributed by atoms with Crippen LogP contribution in [0.25, 0.3) is 0 Å². The van der Waals surface area contributed by atoms with Gasteiger partial charge in [0.05, 0.1) is 7.11 Å². The first-order chi connectivity index (χ1) is 9.43. The van der Waals surface area contributed by atoms with Crippen LogP contribution in [0.4, 0.5) is 0 Å². The van der Waals surface area contributed by atoms with Gasteiger partial charge in [-0.1, -0.05) is 19.9 Å². The van der Waals surface area contributed by atoms with Crippen LogP contribution in [0.5, 0.6) is 5.75 Å². The molecule has 2 atom stereocenters. The molecule has 0 radical (unpaired) electrons. The average molecular weight is 276 g/mol. The molecular formula is C17H28N2O. The van der Waals surface area contributed by atoms with Crippen LogP contribution < -0.4 is 10.5 Å². The Morgan fingerprint density at radius 1 is 1.30 bits per heavy atom. The standard InChI is InChI=1S/C17H28N2O/c1-11(2)10-19(12(3)4)16-8-13-6-7-14(20-5)9-15(13)17(16)18/h6-7,9,11-12,16-17H,8,10,18H2,1-5H3. The Balaban J connectivity index is 2.23. The molecule has 1 aliphatic carbocycles. The topological polar surface area (TPSA) is 38.5 Å². The lowest BCUT2D eigenvalue weighted by Gasteiger charge is -2.36. The van der Waals surface area contributed by atoms with E-state index in [4.69, 9.17) is 10.5 Å². The van der Waals surface area contributed by atoms with E-state index in [9.17, 15) is 0 Å². The summed E-state index contributed by atoms with van der Waals surface area (Å²) in [4.78, 5) is 2.56. The minimum absolute atomic E-state index is 0.0845. The van der Waals surface area contributed by atoms with Gasteiger partial charge in [-0.15, -0.1) is 0 Å². The van der Waals surface area contributed by atoms with E-state index in [2.05, 4.69) is 44.7 Å². The maximum atomic E-state index is 6.53. The van der Waals surface area contributed by atoms with Crippen LogP contribution in [-0.4, -0.2) is 30.6 Å². The minimum Gasteiger partial charge on any atom is -0.497 e. The first-order valence-corrected chi connectivity index (χ1v) is 7.62. The second-order valence-corrected chi connectivity index (χ2v) is 6.55. The highest BCUT2D eigenvalue weighted by Crippen LogP contribution is 2.36. The van der Waals surface area contributed by atoms with Crippen molar-refractivity contribution in [2.75, 3.05) is 13.7 Å². The normalized spacial score (nSPS) is 21.9. The van der Waals surface area contributed by atoms with E-state index in [0.717, 1.165) is 18.7 Å². The number of nitrogens with zero attached hydrogens (tertiary/aromatic N) is 1. The molecule has 0 bridgehead atoms. The molecule has 3 heteroatoms. The summed E-state index contributed by atoms with van der Waals surface area (Å²) in [6.07, 6.45) is 1.05. The Morgan fingerprint density at radius 3 is 2.55 bits per heavy atom. The SMILES string of the molecule is COc1ccc2c(c1)C(N)C(N(CC(C)C)C(C)C)C2. The van der Waals surface area contributed by atoms with Crippen molar-refractivity contribution in [1.29, 1.82) is 0 Å². The van der Waals surface area contributed by atoms with Gasteiger partial charge >= 0.3 is 0 Å². The highest BCUT2D eigenvalue weighted by atomic mass is 16.5. The number of nitrogens with two attached hydrogens (primary N) is 1.